The summed E-state index contributed by atoms with van der Waals surface area (Å²) < 4.78 is 13.0. The van der Waals surface area contributed by atoms with Crippen molar-refractivity contribution in [1.29, 1.82) is 0 Å². The zero-order valence-corrected chi connectivity index (χ0v) is 19.5. The zero-order valence-electron chi connectivity index (χ0n) is 17.9. The largest absolute Gasteiger partial charge is 0.494 e. The van der Waals surface area contributed by atoms with Crippen LogP contribution in [-0.2, 0) is 17.0 Å². The average Bonchev–Trinajstić information content (AvgIpc) is 3.16. The van der Waals surface area contributed by atoms with Crippen LogP contribution in [0, 0.1) is 0 Å². The highest BCUT2D eigenvalue weighted by Crippen LogP contribution is 2.32. The fourth-order valence-corrected chi connectivity index (χ4v) is 4.32. The van der Waals surface area contributed by atoms with Crippen LogP contribution in [0.25, 0.3) is 11.4 Å². The van der Waals surface area contributed by atoms with E-state index in [1.807, 2.05) is 43.3 Å². The third kappa shape index (κ3) is 5.87. The normalized spacial score (nSPS) is 11.0. The maximum atomic E-state index is 11.8. The number of aromatic nitrogens is 3. The number of carbonyl (C=O) groups excluding carboxylic acids is 1. The van der Waals surface area contributed by atoms with Crippen LogP contribution in [0.15, 0.2) is 47.6 Å². The van der Waals surface area contributed by atoms with Crippen LogP contribution in [0.4, 0.5) is 0 Å². The van der Waals surface area contributed by atoms with E-state index in [9.17, 15) is 4.79 Å². The molecule has 8 heteroatoms. The van der Waals surface area contributed by atoms with E-state index in [1.165, 1.54) is 0 Å². The van der Waals surface area contributed by atoms with E-state index >= 15 is 0 Å². The number of Topliss-reactive ketones (excluding diaryl/α,β-unsaturated/α-hetero) is 1. The van der Waals surface area contributed by atoms with E-state index in [0.29, 0.717) is 36.1 Å². The Hall–Kier alpha value is -2.35. The number of rotatable bonds is 11. The van der Waals surface area contributed by atoms with Gasteiger partial charge in [0, 0.05) is 42.7 Å². The van der Waals surface area contributed by atoms with E-state index in [1.54, 1.807) is 31.9 Å². The maximum Gasteiger partial charge on any atom is 0.191 e. The molecule has 164 valence electrons. The van der Waals surface area contributed by atoms with Crippen molar-refractivity contribution in [3.05, 3.63) is 58.6 Å². The molecule has 1 aromatic heterocycles. The summed E-state index contributed by atoms with van der Waals surface area (Å²) in [6.07, 6.45) is 0.823. The molecule has 3 rings (SSSR count). The molecule has 0 saturated carbocycles. The van der Waals surface area contributed by atoms with Crippen molar-refractivity contribution in [2.75, 3.05) is 20.3 Å². The van der Waals surface area contributed by atoms with Gasteiger partial charge < -0.3 is 14.0 Å². The lowest BCUT2D eigenvalue weighted by molar-refractivity contribution is 0.101. The highest BCUT2D eigenvalue weighted by Gasteiger charge is 2.17. The third-order valence-corrected chi connectivity index (χ3v) is 6.03. The molecule has 0 aliphatic carbocycles. The third-order valence-electron chi connectivity index (χ3n) is 4.69. The summed E-state index contributed by atoms with van der Waals surface area (Å²) >= 11 is 7.97. The summed E-state index contributed by atoms with van der Waals surface area (Å²) in [6, 6.07) is 13.2. The number of halogens is 1. The van der Waals surface area contributed by atoms with Gasteiger partial charge in [-0.3, -0.25) is 4.79 Å². The quantitative estimate of drug-likeness (QED) is 0.213. The lowest BCUT2D eigenvalue weighted by Gasteiger charge is -2.13. The van der Waals surface area contributed by atoms with Crippen molar-refractivity contribution in [2.24, 2.45) is 0 Å². The number of methoxy groups -OCH3 is 1. The number of ether oxygens (including phenoxy) is 2. The van der Waals surface area contributed by atoms with Crippen molar-refractivity contribution in [3.63, 3.8) is 0 Å². The molecule has 6 nitrogen and oxygen atoms in total. The SMILES string of the molecule is CCOc1ccc(C(C)=O)cc1CSc1nnc(-c2ccccc2Cl)n1CCCOC. The summed E-state index contributed by atoms with van der Waals surface area (Å²) in [7, 11) is 1.69. The fraction of sp³-hybridized carbons (Fsp3) is 0.348. The van der Waals surface area contributed by atoms with Crippen molar-refractivity contribution in [1.82, 2.24) is 14.8 Å². The summed E-state index contributed by atoms with van der Waals surface area (Å²) in [4.78, 5) is 11.8. The first kappa shape index (κ1) is 23.3. The Morgan fingerprint density at radius 2 is 2.00 bits per heavy atom. The minimum atomic E-state index is 0.0260. The van der Waals surface area contributed by atoms with Gasteiger partial charge >= 0.3 is 0 Å². The van der Waals surface area contributed by atoms with Gasteiger partial charge in [0.15, 0.2) is 16.8 Å². The highest BCUT2D eigenvalue weighted by atomic mass is 35.5. The topological polar surface area (TPSA) is 66.2 Å². The number of thioether (sulfide) groups is 1. The van der Waals surface area contributed by atoms with Crippen molar-refractivity contribution in [3.8, 4) is 17.1 Å². The Bertz CT molecular complexity index is 1040. The summed E-state index contributed by atoms with van der Waals surface area (Å²) in [6.45, 7) is 5.41. The standard InChI is InChI=1S/C23H26ClN3O3S/c1-4-30-21-11-10-17(16(2)28)14-18(21)15-31-23-26-25-22(27(23)12-7-13-29-3)19-8-5-6-9-20(19)24/h5-6,8-11,14H,4,7,12-13,15H2,1-3H3. The van der Waals surface area contributed by atoms with E-state index in [-0.39, 0.29) is 5.78 Å². The molecule has 0 spiro atoms. The van der Waals surface area contributed by atoms with Gasteiger partial charge in [0.25, 0.3) is 0 Å². The van der Waals surface area contributed by atoms with Crippen molar-refractivity contribution in [2.45, 2.75) is 37.7 Å². The number of hydrogen-bond donors (Lipinski definition) is 0. The molecule has 2 aromatic carbocycles. The van der Waals surface area contributed by atoms with Gasteiger partial charge in [0.2, 0.25) is 0 Å². The maximum absolute atomic E-state index is 11.8. The molecule has 0 unspecified atom stereocenters. The Labute approximate surface area is 191 Å². The van der Waals surface area contributed by atoms with Crippen LogP contribution in [0.3, 0.4) is 0 Å². The molecule has 0 amide bonds. The molecule has 0 atom stereocenters. The van der Waals surface area contributed by atoms with Crippen LogP contribution in [-0.4, -0.2) is 40.9 Å². The molecule has 0 aliphatic heterocycles. The van der Waals surface area contributed by atoms with Crippen LogP contribution < -0.4 is 4.74 Å². The minimum absolute atomic E-state index is 0.0260. The van der Waals surface area contributed by atoms with Gasteiger partial charge in [0.05, 0.1) is 11.6 Å². The van der Waals surface area contributed by atoms with Crippen LogP contribution in [0.2, 0.25) is 5.02 Å². The van der Waals surface area contributed by atoms with E-state index in [0.717, 1.165) is 34.3 Å². The number of ketones is 1. The van der Waals surface area contributed by atoms with Gasteiger partial charge in [-0.15, -0.1) is 10.2 Å². The lowest BCUT2D eigenvalue weighted by atomic mass is 10.1. The molecule has 0 radical (unpaired) electrons. The second-order valence-electron chi connectivity index (χ2n) is 6.88. The molecular weight excluding hydrogens is 434 g/mol. The molecule has 0 N–H and O–H groups in total. The summed E-state index contributed by atoms with van der Waals surface area (Å²) in [5.41, 5.74) is 2.46. The van der Waals surface area contributed by atoms with E-state index in [2.05, 4.69) is 14.8 Å². The second kappa shape index (κ2) is 11.3. The number of benzene rings is 2. The molecule has 0 aliphatic rings. The minimum Gasteiger partial charge on any atom is -0.494 e. The molecule has 1 heterocycles. The van der Waals surface area contributed by atoms with Gasteiger partial charge in [-0.2, -0.15) is 0 Å². The van der Waals surface area contributed by atoms with Crippen LogP contribution >= 0.6 is 23.4 Å². The Balaban J connectivity index is 1.90. The van der Waals surface area contributed by atoms with E-state index < -0.39 is 0 Å². The Morgan fingerprint density at radius 3 is 2.71 bits per heavy atom. The van der Waals surface area contributed by atoms with Gasteiger partial charge in [0.1, 0.15) is 5.75 Å². The zero-order chi connectivity index (χ0) is 22.2. The first-order valence-corrected chi connectivity index (χ1v) is 11.5. The molecule has 0 saturated heterocycles. The van der Waals surface area contributed by atoms with Gasteiger partial charge in [-0.1, -0.05) is 35.5 Å². The first-order chi connectivity index (χ1) is 15.0. The monoisotopic (exact) mass is 459 g/mol. The molecule has 0 bridgehead atoms. The summed E-state index contributed by atoms with van der Waals surface area (Å²) in [5.74, 6) is 2.13. The molecule has 0 fully saturated rings. The molecule has 3 aromatic rings. The van der Waals surface area contributed by atoms with Crippen molar-refractivity contribution < 1.29 is 14.3 Å². The van der Waals surface area contributed by atoms with Gasteiger partial charge in [-0.25, -0.2) is 0 Å². The Kier molecular flexibility index (Phi) is 8.51. The van der Waals surface area contributed by atoms with Gasteiger partial charge in [-0.05, 0) is 50.6 Å². The predicted molar refractivity (Wildman–Crippen MR) is 124 cm³/mol. The number of hydrogen-bond acceptors (Lipinski definition) is 6. The van der Waals surface area contributed by atoms with Crippen LogP contribution in [0.1, 0.15) is 36.2 Å². The smallest absolute Gasteiger partial charge is 0.191 e. The lowest BCUT2D eigenvalue weighted by Crippen LogP contribution is -2.06. The van der Waals surface area contributed by atoms with Crippen molar-refractivity contribution >= 4 is 29.1 Å². The van der Waals surface area contributed by atoms with E-state index in [4.69, 9.17) is 21.1 Å². The number of carbonyl (C=O) groups is 1. The van der Waals surface area contributed by atoms with Crippen LogP contribution in [0.5, 0.6) is 5.75 Å². The average molecular weight is 460 g/mol. The second-order valence-corrected chi connectivity index (χ2v) is 8.23. The highest BCUT2D eigenvalue weighted by molar-refractivity contribution is 7.98. The molecule has 31 heavy (non-hydrogen) atoms. The first-order valence-electron chi connectivity index (χ1n) is 10.1. The molecular formula is C23H26ClN3O3S. The summed E-state index contributed by atoms with van der Waals surface area (Å²) in [5, 5.41) is 10.3. The Morgan fingerprint density at radius 1 is 1.19 bits per heavy atom. The predicted octanol–water partition coefficient (Wildman–Crippen LogP) is 5.53. The fourth-order valence-electron chi connectivity index (χ4n) is 3.16. The number of nitrogens with zero attached hydrogens (tertiary/aromatic N) is 3.